The zero-order chi connectivity index (χ0) is 20.2. The third kappa shape index (κ3) is 5.88. The van der Waals surface area contributed by atoms with Crippen LogP contribution in [0.15, 0.2) is 28.6 Å². The summed E-state index contributed by atoms with van der Waals surface area (Å²) in [5, 5.41) is 11.2. The fourth-order valence-corrected chi connectivity index (χ4v) is 5.54. The van der Waals surface area contributed by atoms with Crippen molar-refractivity contribution in [1.82, 2.24) is 10.2 Å². The fraction of sp³-hybridized carbons (Fsp3) is 0.438. The van der Waals surface area contributed by atoms with Crippen molar-refractivity contribution in [2.45, 2.75) is 42.8 Å². The first-order valence-electron chi connectivity index (χ1n) is 8.17. The van der Waals surface area contributed by atoms with E-state index in [4.69, 9.17) is 0 Å². The lowest BCUT2D eigenvalue weighted by atomic mass is 10.2. The van der Waals surface area contributed by atoms with Crippen molar-refractivity contribution in [3.63, 3.8) is 0 Å². The van der Waals surface area contributed by atoms with Crippen LogP contribution in [0.3, 0.4) is 0 Å². The molecule has 1 atom stereocenters. The predicted molar refractivity (Wildman–Crippen MR) is 107 cm³/mol. The average molecular weight is 433 g/mol. The Labute approximate surface area is 166 Å². The normalized spacial score (nSPS) is 12.8. The lowest BCUT2D eigenvalue weighted by Crippen LogP contribution is -2.47. The lowest BCUT2D eigenvalue weighted by molar-refractivity contribution is -0.117. The van der Waals surface area contributed by atoms with E-state index in [-0.39, 0.29) is 12.1 Å². The van der Waals surface area contributed by atoms with Gasteiger partial charge in [-0.3, -0.25) is 14.4 Å². The van der Waals surface area contributed by atoms with Crippen molar-refractivity contribution >= 4 is 49.8 Å². The minimum absolute atomic E-state index is 0.217. The van der Waals surface area contributed by atoms with Gasteiger partial charge in [-0.05, 0) is 30.7 Å². The SMILES string of the molecule is CC[C@@H](C(=O)Nc1nnc(SC(C)C)s1)N(c1ccc(F)cc1)S(C)(=O)=O. The average Bonchev–Trinajstić information content (AvgIpc) is 2.98. The number of hydrogen-bond acceptors (Lipinski definition) is 7. The smallest absolute Gasteiger partial charge is 0.250 e. The topological polar surface area (TPSA) is 92.3 Å². The van der Waals surface area contributed by atoms with Crippen molar-refractivity contribution in [3.05, 3.63) is 30.1 Å². The molecular weight excluding hydrogens is 411 g/mol. The van der Waals surface area contributed by atoms with E-state index in [0.29, 0.717) is 14.7 Å². The number of rotatable bonds is 8. The Balaban J connectivity index is 2.26. The highest BCUT2D eigenvalue weighted by Crippen LogP contribution is 2.29. The Hall–Kier alpha value is -1.72. The molecule has 1 N–H and O–H groups in total. The molecular formula is C16H21FN4O3S3. The summed E-state index contributed by atoms with van der Waals surface area (Å²) < 4.78 is 39.6. The van der Waals surface area contributed by atoms with Gasteiger partial charge in [0.15, 0.2) is 4.34 Å². The molecule has 1 aromatic carbocycles. The minimum Gasteiger partial charge on any atom is -0.299 e. The van der Waals surface area contributed by atoms with Crippen LogP contribution in [0.2, 0.25) is 0 Å². The van der Waals surface area contributed by atoms with Gasteiger partial charge in [0, 0.05) is 5.25 Å². The second kappa shape index (κ2) is 8.98. The molecule has 0 aliphatic rings. The van der Waals surface area contributed by atoms with Crippen LogP contribution >= 0.6 is 23.1 Å². The molecule has 0 saturated heterocycles. The van der Waals surface area contributed by atoms with Gasteiger partial charge in [-0.2, -0.15) is 0 Å². The molecule has 0 fully saturated rings. The number of nitrogens with one attached hydrogen (secondary N) is 1. The number of halogens is 1. The monoisotopic (exact) mass is 432 g/mol. The second-order valence-electron chi connectivity index (χ2n) is 5.99. The van der Waals surface area contributed by atoms with Gasteiger partial charge < -0.3 is 0 Å². The van der Waals surface area contributed by atoms with Gasteiger partial charge >= 0.3 is 0 Å². The number of aromatic nitrogens is 2. The lowest BCUT2D eigenvalue weighted by Gasteiger charge is -2.29. The van der Waals surface area contributed by atoms with Crippen LogP contribution in [0.4, 0.5) is 15.2 Å². The largest absolute Gasteiger partial charge is 0.299 e. The Kier molecular flexibility index (Phi) is 7.18. The quantitative estimate of drug-likeness (QED) is 0.508. The van der Waals surface area contributed by atoms with Crippen LogP contribution in [0.25, 0.3) is 0 Å². The Bertz CT molecular complexity index is 885. The summed E-state index contributed by atoms with van der Waals surface area (Å²) >= 11 is 2.75. The summed E-state index contributed by atoms with van der Waals surface area (Å²) in [5.74, 6) is -1.02. The summed E-state index contributed by atoms with van der Waals surface area (Å²) in [4.78, 5) is 12.7. The van der Waals surface area contributed by atoms with Crippen LogP contribution in [-0.4, -0.2) is 42.1 Å². The molecule has 1 heterocycles. The molecule has 0 radical (unpaired) electrons. The summed E-state index contributed by atoms with van der Waals surface area (Å²) in [6.07, 6.45) is 1.23. The van der Waals surface area contributed by atoms with Crippen LogP contribution in [0.5, 0.6) is 0 Å². The first kappa shape index (κ1) is 21.6. The van der Waals surface area contributed by atoms with E-state index >= 15 is 0 Å². The maximum atomic E-state index is 13.2. The van der Waals surface area contributed by atoms with Crippen LogP contribution in [-0.2, 0) is 14.8 Å². The molecule has 0 aliphatic heterocycles. The predicted octanol–water partition coefficient (Wildman–Crippen LogP) is 3.36. The molecule has 11 heteroatoms. The summed E-state index contributed by atoms with van der Waals surface area (Å²) in [6.45, 7) is 5.74. The van der Waals surface area contributed by atoms with Crippen molar-refractivity contribution in [2.75, 3.05) is 15.9 Å². The summed E-state index contributed by atoms with van der Waals surface area (Å²) in [6, 6.07) is 3.95. The van der Waals surface area contributed by atoms with E-state index in [0.717, 1.165) is 22.7 Å². The highest BCUT2D eigenvalue weighted by molar-refractivity contribution is 8.01. The Morgan fingerprint density at radius 2 is 1.93 bits per heavy atom. The Morgan fingerprint density at radius 1 is 1.30 bits per heavy atom. The maximum absolute atomic E-state index is 13.2. The van der Waals surface area contributed by atoms with Crippen molar-refractivity contribution in [3.8, 4) is 0 Å². The maximum Gasteiger partial charge on any atom is 0.250 e. The number of thioether (sulfide) groups is 1. The molecule has 0 unspecified atom stereocenters. The van der Waals surface area contributed by atoms with Gasteiger partial charge in [0.2, 0.25) is 21.1 Å². The van der Waals surface area contributed by atoms with Crippen LogP contribution in [0, 0.1) is 5.82 Å². The highest BCUT2D eigenvalue weighted by atomic mass is 32.2. The van der Waals surface area contributed by atoms with Crippen molar-refractivity contribution in [2.24, 2.45) is 0 Å². The summed E-state index contributed by atoms with van der Waals surface area (Å²) in [7, 11) is -3.78. The van der Waals surface area contributed by atoms with E-state index in [1.165, 1.54) is 35.2 Å². The molecule has 0 spiro atoms. The minimum atomic E-state index is -3.78. The number of amides is 1. The van der Waals surface area contributed by atoms with Gasteiger partial charge in [-0.25, -0.2) is 12.8 Å². The van der Waals surface area contributed by atoms with Crippen LogP contribution < -0.4 is 9.62 Å². The van der Waals surface area contributed by atoms with Gasteiger partial charge in [0.05, 0.1) is 11.9 Å². The number of nitrogens with zero attached hydrogens (tertiary/aromatic N) is 3. The first-order valence-corrected chi connectivity index (χ1v) is 11.7. The van der Waals surface area contributed by atoms with Crippen molar-refractivity contribution in [1.29, 1.82) is 0 Å². The zero-order valence-electron chi connectivity index (χ0n) is 15.3. The molecule has 1 amide bonds. The number of sulfonamides is 1. The molecule has 0 saturated carbocycles. The van der Waals surface area contributed by atoms with Gasteiger partial charge in [0.1, 0.15) is 11.9 Å². The van der Waals surface area contributed by atoms with Gasteiger partial charge in [-0.15, -0.1) is 10.2 Å². The molecule has 0 aliphatic carbocycles. The van der Waals surface area contributed by atoms with E-state index in [2.05, 4.69) is 15.5 Å². The zero-order valence-corrected chi connectivity index (χ0v) is 17.8. The number of carbonyl (C=O) groups excluding carboxylic acids is 1. The van der Waals surface area contributed by atoms with E-state index in [9.17, 15) is 17.6 Å². The Morgan fingerprint density at radius 3 is 2.44 bits per heavy atom. The van der Waals surface area contributed by atoms with E-state index in [1.807, 2.05) is 13.8 Å². The summed E-state index contributed by atoms with van der Waals surface area (Å²) in [5.41, 5.74) is 0.217. The molecule has 0 bridgehead atoms. The third-order valence-electron chi connectivity index (χ3n) is 3.38. The van der Waals surface area contributed by atoms with Gasteiger partial charge in [-0.1, -0.05) is 43.9 Å². The molecule has 1 aromatic heterocycles. The first-order chi connectivity index (χ1) is 12.6. The van der Waals surface area contributed by atoms with E-state index in [1.54, 1.807) is 6.92 Å². The number of carbonyl (C=O) groups is 1. The highest BCUT2D eigenvalue weighted by Gasteiger charge is 2.32. The van der Waals surface area contributed by atoms with Crippen LogP contribution in [0.1, 0.15) is 27.2 Å². The number of anilines is 2. The van der Waals surface area contributed by atoms with Crippen molar-refractivity contribution < 1.29 is 17.6 Å². The standard InChI is InChI=1S/C16H21FN4O3S3/c1-5-13(14(22)18-15-19-20-16(26-15)25-10(2)3)21(27(4,23)24)12-8-6-11(17)7-9-12/h6-10,13H,5H2,1-4H3,(H,18,19,22)/t13-/m0/s1. The number of benzene rings is 1. The fourth-order valence-electron chi connectivity index (χ4n) is 2.35. The second-order valence-corrected chi connectivity index (χ2v) is 10.6. The molecule has 2 rings (SSSR count). The molecule has 27 heavy (non-hydrogen) atoms. The third-order valence-corrected chi connectivity index (χ3v) is 6.49. The number of hydrogen-bond donors (Lipinski definition) is 1. The molecule has 148 valence electrons. The van der Waals surface area contributed by atoms with Gasteiger partial charge in [0.25, 0.3) is 0 Å². The van der Waals surface area contributed by atoms with E-state index < -0.39 is 27.8 Å². The molecule has 2 aromatic rings. The molecule has 7 nitrogen and oxygen atoms in total.